The van der Waals surface area contributed by atoms with Gasteiger partial charge in [0.25, 0.3) is 0 Å². The minimum Gasteiger partial charge on any atom is -0.466 e. The van der Waals surface area contributed by atoms with Crippen LogP contribution in [0.5, 0.6) is 0 Å². The molecule has 0 radical (unpaired) electrons. The van der Waals surface area contributed by atoms with Gasteiger partial charge in [-0.15, -0.1) is 12.4 Å². The molecule has 1 atom stereocenters. The molecule has 1 N–H and O–H groups in total. The van der Waals surface area contributed by atoms with Crippen LogP contribution in [-0.2, 0) is 21.6 Å². The number of likely N-dealkylation sites (tertiary alicyclic amines) is 1. The second kappa shape index (κ2) is 14.3. The molecule has 214 valence electrons. The monoisotopic (exact) mass is 571 g/mol. The number of rotatable bonds is 10. The highest BCUT2D eigenvalue weighted by Crippen LogP contribution is 2.44. The van der Waals surface area contributed by atoms with Gasteiger partial charge in [0.05, 0.1) is 24.4 Å². The third-order valence-electron chi connectivity index (χ3n) is 7.60. The molecule has 6 nitrogen and oxygen atoms in total. The van der Waals surface area contributed by atoms with Gasteiger partial charge in [-0.3, -0.25) is 14.4 Å². The lowest BCUT2D eigenvalue weighted by molar-refractivity contribution is -0.143. The van der Waals surface area contributed by atoms with Gasteiger partial charge >= 0.3 is 5.97 Å². The van der Waals surface area contributed by atoms with Gasteiger partial charge in [-0.05, 0) is 48.1 Å². The van der Waals surface area contributed by atoms with Crippen LogP contribution in [0.4, 0.5) is 0 Å². The number of benzene rings is 3. The normalized spacial score (nSPS) is 16.7. The SMILES string of the molecule is CCOC(=O)CCCn1cc(/C=C2\CN(C(c3ccccc3)(c3ccccc3)c3ccccc3)CCC2O)cn1.Cl. The van der Waals surface area contributed by atoms with E-state index in [1.165, 1.54) is 16.7 Å². The van der Waals surface area contributed by atoms with Crippen LogP contribution in [0.3, 0.4) is 0 Å². The maximum absolute atomic E-state index is 11.7. The molecule has 41 heavy (non-hydrogen) atoms. The summed E-state index contributed by atoms with van der Waals surface area (Å²) >= 11 is 0. The van der Waals surface area contributed by atoms with Crippen LogP contribution >= 0.6 is 12.4 Å². The Morgan fingerprint density at radius 3 is 2.07 bits per heavy atom. The number of halogens is 1. The predicted octanol–water partition coefficient (Wildman–Crippen LogP) is 6.09. The smallest absolute Gasteiger partial charge is 0.305 e. The number of aryl methyl sites for hydroxylation is 1. The number of aliphatic hydroxyl groups excluding tert-OH is 1. The molecule has 2 heterocycles. The largest absolute Gasteiger partial charge is 0.466 e. The number of ether oxygens (including phenoxy) is 1. The highest BCUT2D eigenvalue weighted by atomic mass is 35.5. The summed E-state index contributed by atoms with van der Waals surface area (Å²) in [4.78, 5) is 14.2. The fourth-order valence-electron chi connectivity index (χ4n) is 5.79. The van der Waals surface area contributed by atoms with E-state index in [1.807, 2.05) is 24.0 Å². The number of nitrogens with zero attached hydrogens (tertiary/aromatic N) is 3. The van der Waals surface area contributed by atoms with Crippen molar-refractivity contribution < 1.29 is 14.6 Å². The summed E-state index contributed by atoms with van der Waals surface area (Å²) in [7, 11) is 0. The van der Waals surface area contributed by atoms with Gasteiger partial charge in [-0.1, -0.05) is 91.0 Å². The zero-order chi connectivity index (χ0) is 27.8. The first-order valence-electron chi connectivity index (χ1n) is 14.1. The maximum atomic E-state index is 11.7. The molecule has 7 heteroatoms. The molecule has 0 amide bonds. The number of aliphatic hydroxyl groups is 1. The third kappa shape index (κ3) is 6.79. The molecule has 1 saturated heterocycles. The number of hydrogen-bond donors (Lipinski definition) is 1. The molecule has 1 aliphatic rings. The fraction of sp³-hybridized carbons (Fsp3) is 0.294. The Morgan fingerprint density at radius 1 is 0.976 bits per heavy atom. The highest BCUT2D eigenvalue weighted by molar-refractivity contribution is 5.85. The van der Waals surface area contributed by atoms with Crippen LogP contribution in [0.2, 0.25) is 0 Å². The van der Waals surface area contributed by atoms with E-state index in [4.69, 9.17) is 4.74 Å². The molecule has 4 aromatic rings. The van der Waals surface area contributed by atoms with Crippen LogP contribution in [-0.4, -0.2) is 51.6 Å². The van der Waals surface area contributed by atoms with E-state index in [1.54, 1.807) is 0 Å². The van der Waals surface area contributed by atoms with Crippen molar-refractivity contribution in [1.29, 1.82) is 0 Å². The van der Waals surface area contributed by atoms with Crippen LogP contribution in [0.1, 0.15) is 48.4 Å². The summed E-state index contributed by atoms with van der Waals surface area (Å²) in [5.74, 6) is -0.179. The highest BCUT2D eigenvalue weighted by Gasteiger charge is 2.44. The van der Waals surface area contributed by atoms with Crippen LogP contribution in [0.15, 0.2) is 109 Å². The molecule has 1 aromatic heterocycles. The summed E-state index contributed by atoms with van der Waals surface area (Å²) in [5.41, 5.74) is 4.95. The topological polar surface area (TPSA) is 67.6 Å². The van der Waals surface area contributed by atoms with Crippen molar-refractivity contribution in [2.75, 3.05) is 19.7 Å². The van der Waals surface area contributed by atoms with Crippen molar-refractivity contribution in [3.05, 3.63) is 131 Å². The molecule has 1 aliphatic heterocycles. The second-order valence-corrected chi connectivity index (χ2v) is 10.2. The summed E-state index contributed by atoms with van der Waals surface area (Å²) in [5, 5.41) is 15.6. The van der Waals surface area contributed by atoms with Crippen LogP contribution in [0, 0.1) is 0 Å². The van der Waals surface area contributed by atoms with Crippen molar-refractivity contribution in [2.24, 2.45) is 0 Å². The summed E-state index contributed by atoms with van der Waals surface area (Å²) in [6.07, 6.45) is 7.01. The number of aromatic nitrogens is 2. The Hall–Kier alpha value is -3.71. The van der Waals surface area contributed by atoms with E-state index in [0.29, 0.717) is 39.0 Å². The van der Waals surface area contributed by atoms with Crippen LogP contribution in [0.25, 0.3) is 6.08 Å². The molecular weight excluding hydrogens is 534 g/mol. The van der Waals surface area contributed by atoms with Gasteiger partial charge in [0, 0.05) is 37.8 Å². The third-order valence-corrected chi connectivity index (χ3v) is 7.60. The zero-order valence-electron chi connectivity index (χ0n) is 23.4. The zero-order valence-corrected chi connectivity index (χ0v) is 24.2. The first-order chi connectivity index (χ1) is 19.6. The van der Waals surface area contributed by atoms with E-state index in [2.05, 4.69) is 107 Å². The van der Waals surface area contributed by atoms with Gasteiger partial charge < -0.3 is 9.84 Å². The molecular formula is C34H38ClN3O3. The number of carbonyl (C=O) groups excluding carboxylic acids is 1. The molecule has 0 saturated carbocycles. The van der Waals surface area contributed by atoms with Crippen LogP contribution < -0.4 is 0 Å². The van der Waals surface area contributed by atoms with E-state index < -0.39 is 11.6 Å². The Labute approximate surface area is 248 Å². The lowest BCUT2D eigenvalue weighted by Gasteiger charge is -2.48. The lowest BCUT2D eigenvalue weighted by Crippen LogP contribution is -2.52. The van der Waals surface area contributed by atoms with Gasteiger partial charge in [0.15, 0.2) is 0 Å². The van der Waals surface area contributed by atoms with E-state index in [-0.39, 0.29) is 18.4 Å². The number of carbonyl (C=O) groups is 1. The average molecular weight is 572 g/mol. The number of esters is 1. The van der Waals surface area contributed by atoms with E-state index in [0.717, 1.165) is 17.7 Å². The quantitative estimate of drug-likeness (QED) is 0.184. The van der Waals surface area contributed by atoms with Crippen molar-refractivity contribution >= 4 is 24.5 Å². The first-order valence-corrected chi connectivity index (χ1v) is 14.1. The number of hydrogen-bond acceptors (Lipinski definition) is 5. The standard InChI is InChI=1S/C34H37N3O3.ClH/c1-2-40-33(39)19-12-21-37-25-27(24-35-37)23-28-26-36(22-20-32(28)38)34(29-13-6-3-7-14-29,30-15-8-4-9-16-30)31-17-10-5-11-18-31;/h3-11,13-18,23-25,32,38H,2,12,19-22,26H2,1H3;1H/b28-23+;. The van der Waals surface area contributed by atoms with Crippen molar-refractivity contribution in [1.82, 2.24) is 14.7 Å². The van der Waals surface area contributed by atoms with E-state index >= 15 is 0 Å². The Bertz CT molecular complexity index is 1310. The molecule has 5 rings (SSSR count). The van der Waals surface area contributed by atoms with Crippen molar-refractivity contribution in [2.45, 2.75) is 44.4 Å². The molecule has 0 aliphatic carbocycles. The summed E-state index contributed by atoms with van der Waals surface area (Å²) < 4.78 is 6.87. The van der Waals surface area contributed by atoms with Gasteiger partial charge in [-0.2, -0.15) is 5.10 Å². The Kier molecular flexibility index (Phi) is 10.5. The van der Waals surface area contributed by atoms with Gasteiger partial charge in [0.2, 0.25) is 0 Å². The minimum absolute atomic E-state index is 0. The minimum atomic E-state index is -0.527. The molecule has 3 aromatic carbocycles. The predicted molar refractivity (Wildman–Crippen MR) is 165 cm³/mol. The Morgan fingerprint density at radius 2 is 1.54 bits per heavy atom. The molecule has 1 fully saturated rings. The molecule has 0 spiro atoms. The Balaban J connectivity index is 0.00000387. The number of piperidine rings is 1. The second-order valence-electron chi connectivity index (χ2n) is 10.2. The van der Waals surface area contributed by atoms with Gasteiger partial charge in [0.1, 0.15) is 0 Å². The fourth-order valence-corrected chi connectivity index (χ4v) is 5.79. The van der Waals surface area contributed by atoms with Crippen molar-refractivity contribution in [3.8, 4) is 0 Å². The average Bonchev–Trinajstić information content (AvgIpc) is 3.44. The first kappa shape index (κ1) is 30.3. The molecule has 0 bridgehead atoms. The van der Waals surface area contributed by atoms with Gasteiger partial charge in [-0.25, -0.2) is 0 Å². The summed E-state index contributed by atoms with van der Waals surface area (Å²) in [6.45, 7) is 4.20. The maximum Gasteiger partial charge on any atom is 0.305 e. The van der Waals surface area contributed by atoms with Crippen molar-refractivity contribution in [3.63, 3.8) is 0 Å². The lowest BCUT2D eigenvalue weighted by atomic mass is 9.74. The molecule has 1 unspecified atom stereocenters. The summed E-state index contributed by atoms with van der Waals surface area (Å²) in [6, 6.07) is 32.0. The van der Waals surface area contributed by atoms with E-state index in [9.17, 15) is 9.90 Å².